The summed E-state index contributed by atoms with van der Waals surface area (Å²) in [6, 6.07) is 3.61. The van der Waals surface area contributed by atoms with Crippen molar-refractivity contribution < 1.29 is 29.0 Å². The number of thioether (sulfide) groups is 1. The van der Waals surface area contributed by atoms with Gasteiger partial charge < -0.3 is 15.2 Å². The van der Waals surface area contributed by atoms with E-state index >= 15 is 0 Å². The second kappa shape index (κ2) is 7.91. The highest BCUT2D eigenvalue weighted by molar-refractivity contribution is 8.00. The van der Waals surface area contributed by atoms with Crippen molar-refractivity contribution in [2.45, 2.75) is 24.4 Å². The van der Waals surface area contributed by atoms with Crippen LogP contribution in [0.25, 0.3) is 0 Å². The summed E-state index contributed by atoms with van der Waals surface area (Å²) in [5.74, 6) is 2.80. The van der Waals surface area contributed by atoms with Crippen molar-refractivity contribution in [2.24, 2.45) is 5.84 Å². The number of carboxylic acid groups (broad SMARTS) is 1. The highest BCUT2D eigenvalue weighted by atomic mass is 32.2. The lowest BCUT2D eigenvalue weighted by Gasteiger charge is -2.56. The maximum atomic E-state index is 12.8. The Labute approximate surface area is 168 Å². The molecule has 0 aliphatic carbocycles. The molecule has 2 aliphatic heterocycles. The number of nitrogens with two attached hydrogens (primary N) is 1. The topological polar surface area (TPSA) is 151 Å². The average molecular weight is 426 g/mol. The normalized spacial score (nSPS) is 23.7. The standard InChI is InChI=1S/C16H18N4O6S2/c1-8(21)26-6-9-7-28-15-16(19-17,14(25)20(15)12(9)13(23)24)18-11(22)5-10-3-2-4-27-10/h2-4,15,19H,5-7,17H2,1H3,(H,18,22)(H,23,24)/t15-,16?/m1/s1. The van der Waals surface area contributed by atoms with Crippen molar-refractivity contribution in [1.82, 2.24) is 15.6 Å². The van der Waals surface area contributed by atoms with Crippen LogP contribution in [0.2, 0.25) is 0 Å². The van der Waals surface area contributed by atoms with Gasteiger partial charge in [0.2, 0.25) is 11.6 Å². The van der Waals surface area contributed by atoms with Crippen molar-refractivity contribution in [2.75, 3.05) is 12.4 Å². The molecule has 2 amide bonds. The molecule has 10 nitrogen and oxygen atoms in total. The minimum atomic E-state index is -1.60. The van der Waals surface area contributed by atoms with Gasteiger partial charge >= 0.3 is 11.9 Å². The van der Waals surface area contributed by atoms with Gasteiger partial charge in [0, 0.05) is 23.1 Å². The van der Waals surface area contributed by atoms with E-state index in [0.29, 0.717) is 5.57 Å². The van der Waals surface area contributed by atoms with E-state index in [1.165, 1.54) is 30.0 Å². The van der Waals surface area contributed by atoms with E-state index in [-0.39, 0.29) is 24.5 Å². The van der Waals surface area contributed by atoms with Gasteiger partial charge in [-0.15, -0.1) is 23.1 Å². The molecule has 2 atom stereocenters. The molecule has 0 bridgehead atoms. The maximum Gasteiger partial charge on any atom is 0.352 e. The number of β-lactam (4-membered cyclic amide) rings is 1. The summed E-state index contributed by atoms with van der Waals surface area (Å²) in [4.78, 5) is 49.9. The molecular weight excluding hydrogens is 408 g/mol. The molecule has 1 aromatic rings. The van der Waals surface area contributed by atoms with E-state index < -0.39 is 34.8 Å². The monoisotopic (exact) mass is 426 g/mol. The number of esters is 1. The fourth-order valence-electron chi connectivity index (χ4n) is 3.04. The van der Waals surface area contributed by atoms with Crippen LogP contribution in [-0.4, -0.2) is 57.2 Å². The number of nitrogens with zero attached hydrogens (tertiary/aromatic N) is 1. The number of aliphatic carboxylic acids is 1. The van der Waals surface area contributed by atoms with Gasteiger partial charge in [0.25, 0.3) is 5.91 Å². The van der Waals surface area contributed by atoms with Crippen molar-refractivity contribution in [3.63, 3.8) is 0 Å². The van der Waals surface area contributed by atoms with Crippen molar-refractivity contribution in [3.8, 4) is 0 Å². The van der Waals surface area contributed by atoms with Crippen LogP contribution in [0, 0.1) is 0 Å². The SMILES string of the molecule is CC(=O)OCC1=C(C(=O)O)N2C(=O)C(NN)(NC(=O)Cc3cccs3)[C@H]2SC1. The summed E-state index contributed by atoms with van der Waals surface area (Å²) >= 11 is 2.62. The van der Waals surface area contributed by atoms with Crippen LogP contribution in [0.15, 0.2) is 28.8 Å². The predicted molar refractivity (Wildman–Crippen MR) is 101 cm³/mol. The van der Waals surface area contributed by atoms with E-state index in [1.807, 2.05) is 11.4 Å². The van der Waals surface area contributed by atoms with E-state index in [9.17, 15) is 24.3 Å². The third-order valence-electron chi connectivity index (χ3n) is 4.28. The average Bonchev–Trinajstić information content (AvgIpc) is 3.15. The first-order valence-electron chi connectivity index (χ1n) is 8.15. The number of hydrogen-bond acceptors (Lipinski definition) is 9. The number of fused-ring (bicyclic) bond motifs is 1. The number of carboxylic acids is 1. The summed E-state index contributed by atoms with van der Waals surface area (Å²) in [5, 5.41) is 13.3. The highest BCUT2D eigenvalue weighted by Crippen LogP contribution is 2.44. The van der Waals surface area contributed by atoms with Crippen LogP contribution in [0.3, 0.4) is 0 Å². The number of carbonyl (C=O) groups excluding carboxylic acids is 3. The molecule has 3 heterocycles. The molecule has 0 spiro atoms. The molecule has 2 aliphatic rings. The fraction of sp³-hybridized carbons (Fsp3) is 0.375. The van der Waals surface area contributed by atoms with Crippen LogP contribution in [0.1, 0.15) is 11.8 Å². The number of thiophene rings is 1. The Hall–Kier alpha value is -2.41. The molecule has 1 aromatic heterocycles. The Morgan fingerprint density at radius 2 is 2.21 bits per heavy atom. The third kappa shape index (κ3) is 3.51. The molecule has 0 radical (unpaired) electrons. The second-order valence-electron chi connectivity index (χ2n) is 6.13. The van der Waals surface area contributed by atoms with E-state index in [2.05, 4.69) is 10.7 Å². The Morgan fingerprint density at radius 1 is 1.46 bits per heavy atom. The van der Waals surface area contributed by atoms with Gasteiger partial charge in [-0.3, -0.25) is 25.1 Å². The largest absolute Gasteiger partial charge is 0.477 e. The van der Waals surface area contributed by atoms with Gasteiger partial charge in [-0.05, 0) is 11.4 Å². The summed E-state index contributed by atoms with van der Waals surface area (Å²) in [5.41, 5.74) is 0.796. The number of rotatable bonds is 7. The summed E-state index contributed by atoms with van der Waals surface area (Å²) in [6.07, 6.45) is 0.0745. The van der Waals surface area contributed by atoms with Gasteiger partial charge in [-0.25, -0.2) is 10.2 Å². The zero-order valence-electron chi connectivity index (χ0n) is 14.8. The van der Waals surface area contributed by atoms with Gasteiger partial charge in [0.15, 0.2) is 0 Å². The highest BCUT2D eigenvalue weighted by Gasteiger charge is 2.65. The first kappa shape index (κ1) is 20.3. The molecule has 12 heteroatoms. The van der Waals surface area contributed by atoms with Crippen LogP contribution in [0.4, 0.5) is 0 Å². The summed E-state index contributed by atoms with van der Waals surface area (Å²) < 4.78 is 4.89. The summed E-state index contributed by atoms with van der Waals surface area (Å²) in [6.45, 7) is 0.981. The molecule has 0 aromatic carbocycles. The van der Waals surface area contributed by atoms with Gasteiger partial charge in [0.1, 0.15) is 17.7 Å². The zero-order chi connectivity index (χ0) is 20.5. The molecule has 1 unspecified atom stereocenters. The van der Waals surface area contributed by atoms with Crippen LogP contribution < -0.4 is 16.6 Å². The molecular formula is C16H18N4O6S2. The molecule has 28 heavy (non-hydrogen) atoms. The summed E-state index contributed by atoms with van der Waals surface area (Å²) in [7, 11) is 0. The van der Waals surface area contributed by atoms with Crippen molar-refractivity contribution >= 4 is 46.9 Å². The number of ether oxygens (including phenoxy) is 1. The molecule has 1 fully saturated rings. The lowest BCUT2D eigenvalue weighted by molar-refractivity contribution is -0.162. The third-order valence-corrected chi connectivity index (χ3v) is 6.56. The predicted octanol–water partition coefficient (Wildman–Crippen LogP) is -0.617. The van der Waals surface area contributed by atoms with Crippen molar-refractivity contribution in [1.29, 1.82) is 0 Å². The number of carbonyl (C=O) groups is 4. The van der Waals surface area contributed by atoms with Crippen molar-refractivity contribution in [3.05, 3.63) is 33.7 Å². The number of nitrogens with one attached hydrogen (secondary N) is 2. The molecule has 150 valence electrons. The Morgan fingerprint density at radius 3 is 2.79 bits per heavy atom. The van der Waals surface area contributed by atoms with Gasteiger partial charge in [-0.1, -0.05) is 6.07 Å². The number of hydrogen-bond donors (Lipinski definition) is 4. The van der Waals surface area contributed by atoms with E-state index in [4.69, 9.17) is 10.6 Å². The minimum Gasteiger partial charge on any atom is -0.477 e. The lowest BCUT2D eigenvalue weighted by Crippen LogP contribution is -2.86. The molecule has 5 N–H and O–H groups in total. The quantitative estimate of drug-likeness (QED) is 0.147. The molecule has 0 saturated carbocycles. The van der Waals surface area contributed by atoms with E-state index in [1.54, 1.807) is 6.07 Å². The first-order chi connectivity index (χ1) is 13.3. The molecule has 3 rings (SSSR count). The fourth-order valence-corrected chi connectivity index (χ4v) is 5.15. The van der Waals surface area contributed by atoms with E-state index in [0.717, 1.165) is 9.78 Å². The Balaban J connectivity index is 1.81. The smallest absolute Gasteiger partial charge is 0.352 e. The number of amides is 2. The first-order valence-corrected chi connectivity index (χ1v) is 10.1. The zero-order valence-corrected chi connectivity index (χ0v) is 16.4. The Bertz CT molecular complexity index is 855. The molecule has 1 saturated heterocycles. The Kier molecular flexibility index (Phi) is 5.74. The number of hydrazine groups is 1. The minimum absolute atomic E-state index is 0.0745. The second-order valence-corrected chi connectivity index (χ2v) is 8.23. The van der Waals surface area contributed by atoms with Gasteiger partial charge in [-0.2, -0.15) is 0 Å². The van der Waals surface area contributed by atoms with Crippen LogP contribution >= 0.6 is 23.1 Å². The lowest BCUT2D eigenvalue weighted by atomic mass is 9.95. The van der Waals surface area contributed by atoms with Crippen LogP contribution in [0.5, 0.6) is 0 Å². The van der Waals surface area contributed by atoms with Gasteiger partial charge in [0.05, 0.1) is 6.42 Å². The van der Waals surface area contributed by atoms with Crippen LogP contribution in [-0.2, 0) is 30.3 Å². The maximum absolute atomic E-state index is 12.8.